The summed E-state index contributed by atoms with van der Waals surface area (Å²) in [6, 6.07) is 17.1. The van der Waals surface area contributed by atoms with Crippen molar-refractivity contribution in [3.05, 3.63) is 99.0 Å². The number of nitrogens with one attached hydrogen (secondary N) is 1. The van der Waals surface area contributed by atoms with E-state index in [1.54, 1.807) is 61.5 Å². The van der Waals surface area contributed by atoms with Crippen molar-refractivity contribution in [1.82, 2.24) is 10.2 Å². The summed E-state index contributed by atoms with van der Waals surface area (Å²) < 4.78 is 67.3. The Labute approximate surface area is 250 Å². The summed E-state index contributed by atoms with van der Waals surface area (Å²) in [6.45, 7) is 1.02. The van der Waals surface area contributed by atoms with Crippen molar-refractivity contribution in [3.63, 3.8) is 0 Å². The number of carbonyl (C=O) groups excluding carboxylic acids is 2. The maximum atomic E-state index is 14.0. The maximum Gasteiger partial charge on any atom is 0.416 e. The van der Waals surface area contributed by atoms with Gasteiger partial charge in [-0.15, -0.1) is 0 Å². The van der Waals surface area contributed by atoms with Gasteiger partial charge in [0.25, 0.3) is 0 Å². The van der Waals surface area contributed by atoms with Crippen LogP contribution in [0.4, 0.5) is 18.9 Å². The van der Waals surface area contributed by atoms with Crippen LogP contribution in [0, 0.1) is 0 Å². The minimum Gasteiger partial charge on any atom is -0.355 e. The molecule has 0 unspecified atom stereocenters. The number of rotatable bonds is 11. The van der Waals surface area contributed by atoms with Crippen molar-refractivity contribution in [3.8, 4) is 0 Å². The fourth-order valence-corrected chi connectivity index (χ4v) is 5.72. The molecule has 0 saturated carbocycles. The third kappa shape index (κ3) is 8.95. The van der Waals surface area contributed by atoms with E-state index in [1.807, 2.05) is 0 Å². The van der Waals surface area contributed by atoms with E-state index in [4.69, 9.17) is 11.6 Å². The van der Waals surface area contributed by atoms with Gasteiger partial charge in [0.05, 0.1) is 22.5 Å². The highest BCUT2D eigenvalue weighted by Gasteiger charge is 2.35. The zero-order valence-corrected chi connectivity index (χ0v) is 25.3. The highest BCUT2D eigenvalue weighted by atomic mass is 79.9. The van der Waals surface area contributed by atoms with E-state index in [2.05, 4.69) is 21.2 Å². The molecular formula is C28H28BrClF3N3O4S. The topological polar surface area (TPSA) is 86.8 Å². The fraction of sp³-hybridized carbons (Fsp3) is 0.286. The first-order valence-corrected chi connectivity index (χ1v) is 15.4. The van der Waals surface area contributed by atoms with Gasteiger partial charge in [-0.25, -0.2) is 8.42 Å². The van der Waals surface area contributed by atoms with Gasteiger partial charge in [-0.2, -0.15) is 13.2 Å². The van der Waals surface area contributed by atoms with Crippen LogP contribution in [-0.2, 0) is 38.8 Å². The summed E-state index contributed by atoms with van der Waals surface area (Å²) in [5.74, 6) is -1.28. The zero-order chi connectivity index (χ0) is 30.4. The molecule has 220 valence electrons. The average molecular weight is 675 g/mol. The van der Waals surface area contributed by atoms with Crippen molar-refractivity contribution >= 4 is 55.1 Å². The number of halogens is 5. The predicted molar refractivity (Wildman–Crippen MR) is 156 cm³/mol. The van der Waals surface area contributed by atoms with Crippen LogP contribution in [0.5, 0.6) is 0 Å². The monoisotopic (exact) mass is 673 g/mol. The van der Waals surface area contributed by atoms with Gasteiger partial charge in [0.2, 0.25) is 21.8 Å². The largest absolute Gasteiger partial charge is 0.416 e. The van der Waals surface area contributed by atoms with Crippen molar-refractivity contribution < 1.29 is 31.2 Å². The van der Waals surface area contributed by atoms with Crippen LogP contribution in [-0.4, -0.2) is 50.5 Å². The van der Waals surface area contributed by atoms with Crippen molar-refractivity contribution in [2.75, 3.05) is 23.7 Å². The first-order chi connectivity index (χ1) is 19.2. The van der Waals surface area contributed by atoms with Gasteiger partial charge in [0.15, 0.2) is 0 Å². The number of alkyl halides is 3. The second kappa shape index (κ2) is 13.7. The minimum atomic E-state index is -4.78. The number of likely N-dealkylation sites (N-methyl/N-ethyl adjacent to an activating group) is 1. The molecule has 0 aliphatic heterocycles. The van der Waals surface area contributed by atoms with E-state index >= 15 is 0 Å². The van der Waals surface area contributed by atoms with Crippen LogP contribution >= 0.6 is 27.5 Å². The van der Waals surface area contributed by atoms with Gasteiger partial charge in [-0.3, -0.25) is 13.9 Å². The lowest BCUT2D eigenvalue weighted by Gasteiger charge is -2.33. The lowest BCUT2D eigenvalue weighted by atomic mass is 10.0. The van der Waals surface area contributed by atoms with Crippen molar-refractivity contribution in [2.45, 2.75) is 32.1 Å². The van der Waals surface area contributed by atoms with E-state index in [9.17, 15) is 31.2 Å². The van der Waals surface area contributed by atoms with E-state index < -0.39 is 51.9 Å². The SMILES string of the molecule is CCNC(=O)[C@@H](Cc1ccccc1)N(Cc1cccc(Br)c1)C(=O)CN(c1cc(C(F)(F)F)ccc1Cl)S(C)(=O)=O. The molecule has 13 heteroatoms. The molecular weight excluding hydrogens is 647 g/mol. The molecule has 0 bridgehead atoms. The zero-order valence-electron chi connectivity index (χ0n) is 22.2. The first kappa shape index (κ1) is 32.4. The lowest BCUT2D eigenvalue weighted by Crippen LogP contribution is -2.53. The second-order valence-corrected chi connectivity index (χ2v) is 12.4. The third-order valence-electron chi connectivity index (χ3n) is 6.09. The van der Waals surface area contributed by atoms with Crippen LogP contribution in [0.1, 0.15) is 23.6 Å². The molecule has 0 radical (unpaired) electrons. The third-order valence-corrected chi connectivity index (χ3v) is 8.02. The molecule has 1 N–H and O–H groups in total. The molecule has 41 heavy (non-hydrogen) atoms. The van der Waals surface area contributed by atoms with E-state index in [-0.39, 0.29) is 24.5 Å². The number of amides is 2. The van der Waals surface area contributed by atoms with Gasteiger partial charge < -0.3 is 10.2 Å². The van der Waals surface area contributed by atoms with Crippen LogP contribution < -0.4 is 9.62 Å². The van der Waals surface area contributed by atoms with Gasteiger partial charge in [-0.05, 0) is 48.4 Å². The van der Waals surface area contributed by atoms with Gasteiger partial charge >= 0.3 is 6.18 Å². The molecule has 1 atom stereocenters. The van der Waals surface area contributed by atoms with E-state index in [1.165, 1.54) is 4.90 Å². The van der Waals surface area contributed by atoms with Crippen LogP contribution in [0.3, 0.4) is 0 Å². The number of hydrogen-bond acceptors (Lipinski definition) is 4. The molecule has 0 heterocycles. The molecule has 3 aromatic carbocycles. The maximum absolute atomic E-state index is 14.0. The Hall–Kier alpha value is -3.09. The smallest absolute Gasteiger partial charge is 0.355 e. The van der Waals surface area contributed by atoms with Crippen LogP contribution in [0.15, 0.2) is 77.3 Å². The molecule has 0 aliphatic rings. The normalized spacial score (nSPS) is 12.5. The van der Waals surface area contributed by atoms with E-state index in [0.29, 0.717) is 20.4 Å². The minimum absolute atomic E-state index is 0.0825. The Morgan fingerprint density at radius 3 is 2.24 bits per heavy atom. The van der Waals surface area contributed by atoms with Crippen LogP contribution in [0.2, 0.25) is 5.02 Å². The molecule has 0 aliphatic carbocycles. The second-order valence-electron chi connectivity index (χ2n) is 9.19. The Balaban J connectivity index is 2.10. The summed E-state index contributed by atoms with van der Waals surface area (Å²) >= 11 is 9.54. The standard InChI is InChI=1S/C28H28BrClF3N3O4S/c1-3-34-27(38)25(15-19-8-5-4-6-9-19)35(17-20-10-7-11-22(29)14-20)26(37)18-36(41(2,39)40)24-16-21(28(31,32)33)12-13-23(24)30/h4-14,16,25H,3,15,17-18H2,1-2H3,(H,34,38)/t25-/m1/s1. The average Bonchev–Trinajstić information content (AvgIpc) is 2.89. The summed E-state index contributed by atoms with van der Waals surface area (Å²) in [7, 11) is -4.30. The Bertz CT molecular complexity index is 1490. The number of nitrogens with zero attached hydrogens (tertiary/aromatic N) is 2. The molecule has 7 nitrogen and oxygen atoms in total. The predicted octanol–water partition coefficient (Wildman–Crippen LogP) is 5.66. The van der Waals surface area contributed by atoms with E-state index in [0.717, 1.165) is 24.0 Å². The highest BCUT2D eigenvalue weighted by molar-refractivity contribution is 9.10. The Kier molecular flexibility index (Phi) is 10.8. The number of carbonyl (C=O) groups is 2. The Morgan fingerprint density at radius 2 is 1.66 bits per heavy atom. The molecule has 2 amide bonds. The van der Waals surface area contributed by atoms with Gasteiger partial charge in [-0.1, -0.05) is 70.0 Å². The molecule has 3 aromatic rings. The summed E-state index contributed by atoms with van der Waals surface area (Å²) in [5.41, 5.74) is -0.250. The Morgan fingerprint density at radius 1 is 1.00 bits per heavy atom. The van der Waals surface area contributed by atoms with Gasteiger partial charge in [0, 0.05) is 24.0 Å². The number of anilines is 1. The van der Waals surface area contributed by atoms with Crippen molar-refractivity contribution in [2.24, 2.45) is 0 Å². The summed E-state index contributed by atoms with van der Waals surface area (Å²) in [6.07, 6.45) is -3.91. The summed E-state index contributed by atoms with van der Waals surface area (Å²) in [5, 5.41) is 2.43. The molecule has 0 spiro atoms. The number of sulfonamides is 1. The van der Waals surface area contributed by atoms with Crippen molar-refractivity contribution in [1.29, 1.82) is 0 Å². The molecule has 0 saturated heterocycles. The summed E-state index contributed by atoms with van der Waals surface area (Å²) in [4.78, 5) is 28.5. The highest BCUT2D eigenvalue weighted by Crippen LogP contribution is 2.36. The fourth-order valence-electron chi connectivity index (χ4n) is 4.15. The van der Waals surface area contributed by atoms with Crippen LogP contribution in [0.25, 0.3) is 0 Å². The first-order valence-electron chi connectivity index (χ1n) is 12.4. The molecule has 0 aromatic heterocycles. The molecule has 3 rings (SSSR count). The quantitative estimate of drug-likeness (QED) is 0.284. The molecule has 0 fully saturated rings. The number of benzene rings is 3. The number of hydrogen-bond donors (Lipinski definition) is 1. The van der Waals surface area contributed by atoms with Gasteiger partial charge in [0.1, 0.15) is 12.6 Å². The lowest BCUT2D eigenvalue weighted by molar-refractivity contribution is -0.140.